The molecular weight excluding hydrogens is 789 g/mol. The quantitative estimate of drug-likeness (QED) is 0.160. The fourth-order valence-corrected chi connectivity index (χ4v) is 10.1. The number of rotatable bonds is 7. The number of hydrogen-bond donors (Lipinski definition) is 0. The van der Waals surface area contributed by atoms with Gasteiger partial charge < -0.3 is 13.9 Å². The molecule has 0 radical (unpaired) electrons. The van der Waals surface area contributed by atoms with Gasteiger partial charge >= 0.3 is 0 Å². The zero-order valence-electron chi connectivity index (χ0n) is 35.4. The topological polar surface area (TPSA) is 21.3 Å². The summed E-state index contributed by atoms with van der Waals surface area (Å²) in [6, 6.07) is 87.9. The number of anilines is 3. The molecule has 0 saturated carbocycles. The maximum absolute atomic E-state index is 6.31. The highest BCUT2D eigenvalue weighted by atomic mass is 16.3. The summed E-state index contributed by atoms with van der Waals surface area (Å²) in [6.07, 6.45) is 0. The monoisotopic (exact) mass is 828 g/mol. The summed E-state index contributed by atoms with van der Waals surface area (Å²) in [5, 5.41) is 9.61. The first kappa shape index (κ1) is 36.9. The van der Waals surface area contributed by atoms with Crippen molar-refractivity contribution in [2.24, 2.45) is 0 Å². The van der Waals surface area contributed by atoms with E-state index in [1.165, 1.54) is 60.0 Å². The molecular formula is C62H40N2O. The van der Waals surface area contributed by atoms with Crippen LogP contribution in [-0.4, -0.2) is 4.57 Å². The normalized spacial score (nSPS) is 11.7. The van der Waals surface area contributed by atoms with E-state index in [1.54, 1.807) is 0 Å². The van der Waals surface area contributed by atoms with Gasteiger partial charge in [-0.15, -0.1) is 0 Å². The molecule has 0 aliphatic heterocycles. The second-order valence-corrected chi connectivity index (χ2v) is 16.9. The van der Waals surface area contributed by atoms with E-state index in [-0.39, 0.29) is 0 Å². The summed E-state index contributed by atoms with van der Waals surface area (Å²) in [5.41, 5.74) is 15.5. The van der Waals surface area contributed by atoms with Crippen LogP contribution < -0.4 is 4.90 Å². The fourth-order valence-electron chi connectivity index (χ4n) is 10.1. The third-order valence-corrected chi connectivity index (χ3v) is 13.1. The average Bonchev–Trinajstić information content (AvgIpc) is 3.91. The van der Waals surface area contributed by atoms with Gasteiger partial charge in [0, 0.05) is 44.2 Å². The second kappa shape index (κ2) is 15.0. The first-order valence-corrected chi connectivity index (χ1v) is 22.2. The van der Waals surface area contributed by atoms with Crippen LogP contribution in [0, 0.1) is 0 Å². The molecule has 2 aromatic heterocycles. The van der Waals surface area contributed by atoms with Crippen molar-refractivity contribution in [3.8, 4) is 39.1 Å². The first-order chi connectivity index (χ1) is 32.2. The van der Waals surface area contributed by atoms with Gasteiger partial charge in [0.2, 0.25) is 0 Å². The largest absolute Gasteiger partial charge is 0.456 e. The van der Waals surface area contributed by atoms with Gasteiger partial charge in [0.1, 0.15) is 11.2 Å². The molecule has 0 saturated heterocycles. The lowest BCUT2D eigenvalue weighted by Crippen LogP contribution is -2.10. The van der Waals surface area contributed by atoms with Gasteiger partial charge in [-0.25, -0.2) is 0 Å². The van der Waals surface area contributed by atoms with Crippen molar-refractivity contribution in [2.75, 3.05) is 4.90 Å². The van der Waals surface area contributed by atoms with Crippen LogP contribution in [0.25, 0.3) is 104 Å². The van der Waals surface area contributed by atoms with Gasteiger partial charge in [0.25, 0.3) is 0 Å². The van der Waals surface area contributed by atoms with Crippen molar-refractivity contribution >= 4 is 82.4 Å². The van der Waals surface area contributed by atoms with Crippen molar-refractivity contribution in [3.05, 3.63) is 243 Å². The fraction of sp³-hybridized carbons (Fsp3) is 0. The molecule has 0 amide bonds. The number of benzene rings is 11. The van der Waals surface area contributed by atoms with E-state index in [1.807, 2.05) is 12.1 Å². The Labute approximate surface area is 376 Å². The van der Waals surface area contributed by atoms with Gasteiger partial charge in [-0.2, -0.15) is 0 Å². The molecule has 0 aliphatic rings. The van der Waals surface area contributed by atoms with Gasteiger partial charge in [0.15, 0.2) is 0 Å². The van der Waals surface area contributed by atoms with Crippen LogP contribution in [0.15, 0.2) is 247 Å². The Balaban J connectivity index is 0.999. The predicted molar refractivity (Wildman–Crippen MR) is 274 cm³/mol. The van der Waals surface area contributed by atoms with E-state index in [0.717, 1.165) is 61.4 Å². The van der Waals surface area contributed by atoms with Gasteiger partial charge in [-0.05, 0) is 122 Å². The van der Waals surface area contributed by atoms with Crippen molar-refractivity contribution in [2.45, 2.75) is 0 Å². The van der Waals surface area contributed by atoms with E-state index in [0.29, 0.717) is 0 Å². The number of fused-ring (bicyclic) bond motifs is 8. The molecule has 2 heterocycles. The molecule has 0 bridgehead atoms. The smallest absolute Gasteiger partial charge is 0.135 e. The van der Waals surface area contributed by atoms with Crippen LogP contribution in [0.3, 0.4) is 0 Å². The Bertz CT molecular complexity index is 3950. The number of para-hydroxylation sites is 2. The molecule has 0 unspecified atom stereocenters. The molecule has 13 aromatic rings. The van der Waals surface area contributed by atoms with E-state index in [9.17, 15) is 0 Å². The summed E-state index contributed by atoms with van der Waals surface area (Å²) in [6.45, 7) is 0. The molecule has 3 heteroatoms. The van der Waals surface area contributed by atoms with Crippen molar-refractivity contribution in [1.29, 1.82) is 0 Å². The van der Waals surface area contributed by atoms with Gasteiger partial charge in [0.05, 0.1) is 16.7 Å². The molecule has 3 nitrogen and oxygen atoms in total. The number of aromatic nitrogens is 1. The summed E-state index contributed by atoms with van der Waals surface area (Å²) < 4.78 is 8.79. The molecule has 0 atom stereocenters. The van der Waals surface area contributed by atoms with Crippen LogP contribution in [0.5, 0.6) is 0 Å². The molecule has 0 spiro atoms. The first-order valence-electron chi connectivity index (χ1n) is 22.2. The summed E-state index contributed by atoms with van der Waals surface area (Å²) >= 11 is 0. The Morgan fingerprint density at radius 1 is 0.292 bits per heavy atom. The van der Waals surface area contributed by atoms with Crippen molar-refractivity contribution in [3.63, 3.8) is 0 Å². The molecule has 304 valence electrons. The van der Waals surface area contributed by atoms with Crippen molar-refractivity contribution in [1.82, 2.24) is 4.57 Å². The van der Waals surface area contributed by atoms with Gasteiger partial charge in [-0.3, -0.25) is 0 Å². The van der Waals surface area contributed by atoms with E-state index in [4.69, 9.17) is 4.42 Å². The van der Waals surface area contributed by atoms with Crippen LogP contribution in [-0.2, 0) is 0 Å². The van der Waals surface area contributed by atoms with E-state index in [2.05, 4.69) is 240 Å². The number of furan rings is 1. The minimum Gasteiger partial charge on any atom is -0.456 e. The predicted octanol–water partition coefficient (Wildman–Crippen LogP) is 17.5. The van der Waals surface area contributed by atoms with E-state index < -0.39 is 0 Å². The summed E-state index contributed by atoms with van der Waals surface area (Å²) in [7, 11) is 0. The number of nitrogens with zero attached hydrogens (tertiary/aromatic N) is 2. The maximum atomic E-state index is 6.31. The van der Waals surface area contributed by atoms with Crippen molar-refractivity contribution < 1.29 is 4.42 Å². The maximum Gasteiger partial charge on any atom is 0.135 e. The zero-order valence-corrected chi connectivity index (χ0v) is 35.4. The summed E-state index contributed by atoms with van der Waals surface area (Å²) in [5.74, 6) is 0. The highest BCUT2D eigenvalue weighted by Crippen LogP contribution is 2.43. The van der Waals surface area contributed by atoms with Crippen LogP contribution in [0.1, 0.15) is 0 Å². The molecule has 65 heavy (non-hydrogen) atoms. The molecule has 0 aliphatic carbocycles. The standard InChI is InChI=1S/C62H40N2O/c1-2-14-41(15-3-1)46-30-34-53(59(39-46)64-58-26-10-8-23-54(58)56-37-44-17-4-5-18-45(44)38-60(56)64)43-28-31-48(32-29-43)63(50-33-35-62-57(40-50)55-24-9-11-27-61(55)65-62)49-21-12-20-47(36-49)52-25-13-19-42-16-6-7-22-51(42)52/h1-40H. The summed E-state index contributed by atoms with van der Waals surface area (Å²) in [4.78, 5) is 2.37. The van der Waals surface area contributed by atoms with Crippen LogP contribution >= 0.6 is 0 Å². The Kier molecular flexibility index (Phi) is 8.53. The second-order valence-electron chi connectivity index (χ2n) is 16.9. The Morgan fingerprint density at radius 3 is 1.78 bits per heavy atom. The van der Waals surface area contributed by atoms with Crippen LogP contribution in [0.4, 0.5) is 17.1 Å². The SMILES string of the molecule is c1ccc(-c2ccc(-c3ccc(N(c4cccc(-c5cccc6ccccc56)c4)c4ccc5oc6ccccc6c5c4)cc3)c(-n3c4ccccc4c4cc5ccccc5cc43)c2)cc1. The zero-order chi connectivity index (χ0) is 42.8. The Hall–Kier alpha value is -8.66. The highest BCUT2D eigenvalue weighted by Gasteiger charge is 2.20. The lowest BCUT2D eigenvalue weighted by Gasteiger charge is -2.26. The van der Waals surface area contributed by atoms with E-state index >= 15 is 0 Å². The molecule has 0 N–H and O–H groups in total. The third kappa shape index (κ3) is 6.20. The van der Waals surface area contributed by atoms with Gasteiger partial charge in [-0.1, -0.05) is 170 Å². The molecule has 0 fully saturated rings. The highest BCUT2D eigenvalue weighted by molar-refractivity contribution is 6.14. The van der Waals surface area contributed by atoms with Crippen LogP contribution in [0.2, 0.25) is 0 Å². The number of hydrogen-bond acceptors (Lipinski definition) is 2. The molecule has 13 rings (SSSR count). The third-order valence-electron chi connectivity index (χ3n) is 13.1. The lowest BCUT2D eigenvalue weighted by atomic mass is 9.97. The lowest BCUT2D eigenvalue weighted by molar-refractivity contribution is 0.669. The minimum atomic E-state index is 0.874. The average molecular weight is 829 g/mol. The minimum absolute atomic E-state index is 0.874. The Morgan fingerprint density at radius 2 is 0.923 bits per heavy atom. The molecule has 11 aromatic carbocycles.